The molecule has 0 saturated carbocycles. The van der Waals surface area contributed by atoms with Gasteiger partial charge >= 0.3 is 5.97 Å². The minimum atomic E-state index is -0.576. The maximum Gasteiger partial charge on any atom is 0.358 e. The molecule has 130 valence electrons. The highest BCUT2D eigenvalue weighted by molar-refractivity contribution is 7.13. The highest BCUT2D eigenvalue weighted by Crippen LogP contribution is 2.26. The van der Waals surface area contributed by atoms with Crippen LogP contribution in [0.1, 0.15) is 28.9 Å². The van der Waals surface area contributed by atoms with Gasteiger partial charge in [-0.3, -0.25) is 4.79 Å². The molecular weight excluding hydrogens is 344 g/mol. The lowest BCUT2D eigenvalue weighted by Gasteiger charge is -2.04. The number of nitrogens with zero attached hydrogens (tertiary/aromatic N) is 2. The summed E-state index contributed by atoms with van der Waals surface area (Å²) < 4.78 is 10.5. The summed E-state index contributed by atoms with van der Waals surface area (Å²) in [7, 11) is 0. The number of anilines is 1. The van der Waals surface area contributed by atoms with E-state index < -0.39 is 5.97 Å². The van der Waals surface area contributed by atoms with Gasteiger partial charge in [-0.25, -0.2) is 14.8 Å². The molecule has 0 atom stereocenters. The number of rotatable bonds is 6. The molecule has 3 rings (SSSR count). The van der Waals surface area contributed by atoms with Gasteiger partial charge < -0.3 is 19.5 Å². The number of esters is 1. The molecule has 25 heavy (non-hydrogen) atoms. The summed E-state index contributed by atoms with van der Waals surface area (Å²) in [4.78, 5) is 35.9. The highest BCUT2D eigenvalue weighted by Gasteiger charge is 2.20. The molecule has 0 radical (unpaired) electrons. The Labute approximate surface area is 147 Å². The lowest BCUT2D eigenvalue weighted by molar-refractivity contribution is -0.115. The van der Waals surface area contributed by atoms with Crippen molar-refractivity contribution in [1.29, 1.82) is 0 Å². The van der Waals surface area contributed by atoms with Crippen molar-refractivity contribution in [2.24, 2.45) is 0 Å². The van der Waals surface area contributed by atoms with Crippen molar-refractivity contribution in [3.05, 3.63) is 41.0 Å². The van der Waals surface area contributed by atoms with Crippen molar-refractivity contribution in [1.82, 2.24) is 15.0 Å². The first-order chi connectivity index (χ1) is 12.1. The predicted octanol–water partition coefficient (Wildman–Crippen LogP) is 2.79. The quantitative estimate of drug-likeness (QED) is 0.654. The molecule has 1 amide bonds. The minimum absolute atomic E-state index is 0.00976. The summed E-state index contributed by atoms with van der Waals surface area (Å²) in [6.07, 6.45) is 1.33. The van der Waals surface area contributed by atoms with Crippen LogP contribution in [0, 0.1) is 6.92 Å². The fourth-order valence-electron chi connectivity index (χ4n) is 2.17. The predicted molar refractivity (Wildman–Crippen MR) is 91.4 cm³/mol. The second-order valence-corrected chi connectivity index (χ2v) is 6.02. The number of H-pyrrole nitrogens is 1. The smallest absolute Gasteiger partial charge is 0.358 e. The number of imidazole rings is 1. The third kappa shape index (κ3) is 3.77. The van der Waals surface area contributed by atoms with Crippen molar-refractivity contribution < 1.29 is 18.7 Å². The van der Waals surface area contributed by atoms with Gasteiger partial charge in [-0.15, -0.1) is 11.3 Å². The van der Waals surface area contributed by atoms with Crippen LogP contribution >= 0.6 is 11.3 Å². The van der Waals surface area contributed by atoms with Gasteiger partial charge in [0, 0.05) is 0 Å². The van der Waals surface area contributed by atoms with Gasteiger partial charge in [0.1, 0.15) is 5.76 Å². The number of carbonyl (C=O) groups excluding carboxylic acids is 2. The molecule has 0 aromatic carbocycles. The molecule has 9 heteroatoms. The van der Waals surface area contributed by atoms with Crippen LogP contribution in [-0.4, -0.2) is 33.4 Å². The van der Waals surface area contributed by atoms with E-state index in [1.54, 1.807) is 13.8 Å². The summed E-state index contributed by atoms with van der Waals surface area (Å²) in [6, 6.07) is 3.80. The number of aromatic amines is 1. The van der Waals surface area contributed by atoms with Crippen LogP contribution in [0.25, 0.3) is 10.8 Å². The molecule has 3 heterocycles. The third-order valence-corrected chi connectivity index (χ3v) is 4.19. The summed E-state index contributed by atoms with van der Waals surface area (Å²) in [6.45, 7) is 3.69. The second kappa shape index (κ2) is 7.31. The van der Waals surface area contributed by atoms with Crippen LogP contribution in [0.4, 0.5) is 5.82 Å². The van der Waals surface area contributed by atoms with Crippen LogP contribution in [0.5, 0.6) is 0 Å². The molecule has 0 aliphatic heterocycles. The Morgan fingerprint density at radius 2 is 2.28 bits per heavy atom. The Morgan fingerprint density at radius 1 is 1.44 bits per heavy atom. The number of aryl methyl sites for hydroxylation is 1. The van der Waals surface area contributed by atoms with E-state index in [2.05, 4.69) is 20.3 Å². The molecule has 0 saturated heterocycles. The number of carbonyl (C=O) groups is 2. The first-order valence-electron chi connectivity index (χ1n) is 7.59. The highest BCUT2D eigenvalue weighted by atomic mass is 32.1. The molecule has 0 spiro atoms. The van der Waals surface area contributed by atoms with E-state index >= 15 is 0 Å². The number of thiophene rings is 1. The first-order valence-corrected chi connectivity index (χ1v) is 8.47. The summed E-state index contributed by atoms with van der Waals surface area (Å²) in [5.74, 6) is 0.260. The van der Waals surface area contributed by atoms with Crippen LogP contribution in [-0.2, 0) is 16.0 Å². The lowest BCUT2D eigenvalue weighted by Crippen LogP contribution is -2.18. The lowest BCUT2D eigenvalue weighted by atomic mass is 10.2. The molecule has 3 aromatic rings. The Bertz CT molecular complexity index is 882. The maximum absolute atomic E-state index is 12.3. The Morgan fingerprint density at radius 3 is 3.00 bits per heavy atom. The van der Waals surface area contributed by atoms with E-state index in [-0.39, 0.29) is 30.4 Å². The van der Waals surface area contributed by atoms with E-state index in [1.165, 1.54) is 17.7 Å². The number of aromatic nitrogens is 3. The number of hydrogen-bond acceptors (Lipinski definition) is 7. The number of amides is 1. The monoisotopic (exact) mass is 360 g/mol. The van der Waals surface area contributed by atoms with Crippen LogP contribution in [0.3, 0.4) is 0 Å². The van der Waals surface area contributed by atoms with Gasteiger partial charge in [-0.1, -0.05) is 6.07 Å². The first kappa shape index (κ1) is 16.9. The molecule has 0 aliphatic rings. The van der Waals surface area contributed by atoms with Crippen molar-refractivity contribution >= 4 is 29.0 Å². The molecule has 0 unspecified atom stereocenters. The van der Waals surface area contributed by atoms with Gasteiger partial charge in [0.25, 0.3) is 0 Å². The minimum Gasteiger partial charge on any atom is -0.461 e. The topological polar surface area (TPSA) is 110 Å². The van der Waals surface area contributed by atoms with Gasteiger partial charge in [0.05, 0.1) is 29.9 Å². The van der Waals surface area contributed by atoms with Crippen molar-refractivity contribution in [3.8, 4) is 10.8 Å². The zero-order valence-electron chi connectivity index (χ0n) is 13.7. The Kier molecular flexibility index (Phi) is 4.94. The van der Waals surface area contributed by atoms with Crippen LogP contribution < -0.4 is 5.32 Å². The van der Waals surface area contributed by atoms with Gasteiger partial charge in [0.2, 0.25) is 11.8 Å². The second-order valence-electron chi connectivity index (χ2n) is 5.07. The summed E-state index contributed by atoms with van der Waals surface area (Å²) in [5.41, 5.74) is 0.639. The number of oxazole rings is 1. The van der Waals surface area contributed by atoms with E-state index in [0.717, 1.165) is 4.88 Å². The number of ether oxygens (including phenoxy) is 1. The zero-order valence-corrected chi connectivity index (χ0v) is 14.5. The molecule has 0 fully saturated rings. The Balaban J connectivity index is 1.70. The molecule has 2 N–H and O–H groups in total. The van der Waals surface area contributed by atoms with E-state index in [0.29, 0.717) is 17.3 Å². The van der Waals surface area contributed by atoms with Gasteiger partial charge in [-0.05, 0) is 25.3 Å². The summed E-state index contributed by atoms with van der Waals surface area (Å²) >= 11 is 1.51. The molecule has 3 aromatic heterocycles. The molecule has 0 aliphatic carbocycles. The zero-order chi connectivity index (χ0) is 17.8. The van der Waals surface area contributed by atoms with Crippen LogP contribution in [0.15, 0.2) is 28.3 Å². The van der Waals surface area contributed by atoms with Crippen LogP contribution in [0.2, 0.25) is 0 Å². The third-order valence-electron chi connectivity index (χ3n) is 3.33. The average Bonchev–Trinajstić information content (AvgIpc) is 3.29. The summed E-state index contributed by atoms with van der Waals surface area (Å²) in [5, 5.41) is 4.51. The standard InChI is InChI=1S/C16H16N4O4S/c1-3-23-16(22)13-14(18-8-17-13)20-12(21)7-10-9(2)24-15(19-10)11-5-4-6-25-11/h4-6,8H,3,7H2,1-2H3,(H,17,18)(H,20,21). The fourth-order valence-corrected chi connectivity index (χ4v) is 2.82. The van der Waals surface area contributed by atoms with E-state index in [1.807, 2.05) is 17.5 Å². The van der Waals surface area contributed by atoms with E-state index in [4.69, 9.17) is 9.15 Å². The SMILES string of the molecule is CCOC(=O)c1[nH]cnc1NC(=O)Cc1nc(-c2cccs2)oc1C. The Hall–Kier alpha value is -2.94. The molecule has 0 bridgehead atoms. The maximum atomic E-state index is 12.3. The normalized spacial score (nSPS) is 10.6. The van der Waals surface area contributed by atoms with Gasteiger partial charge in [0.15, 0.2) is 11.5 Å². The van der Waals surface area contributed by atoms with E-state index in [9.17, 15) is 9.59 Å². The van der Waals surface area contributed by atoms with Crippen molar-refractivity contribution in [2.75, 3.05) is 11.9 Å². The molecule has 8 nitrogen and oxygen atoms in total. The number of nitrogens with one attached hydrogen (secondary N) is 2. The fraction of sp³-hybridized carbons (Fsp3) is 0.250. The van der Waals surface area contributed by atoms with Gasteiger partial charge in [-0.2, -0.15) is 0 Å². The van der Waals surface area contributed by atoms with Crippen molar-refractivity contribution in [3.63, 3.8) is 0 Å². The average molecular weight is 360 g/mol. The number of hydrogen-bond donors (Lipinski definition) is 2. The largest absolute Gasteiger partial charge is 0.461 e. The van der Waals surface area contributed by atoms with Crippen molar-refractivity contribution in [2.45, 2.75) is 20.3 Å². The molecular formula is C16H16N4O4S.